The van der Waals surface area contributed by atoms with Crippen molar-refractivity contribution in [3.05, 3.63) is 53.6 Å². The lowest BCUT2D eigenvalue weighted by molar-refractivity contribution is 0.233. The van der Waals surface area contributed by atoms with Gasteiger partial charge in [-0.25, -0.2) is 0 Å². The summed E-state index contributed by atoms with van der Waals surface area (Å²) in [6.07, 6.45) is 1.03. The van der Waals surface area contributed by atoms with Gasteiger partial charge in [-0.15, -0.1) is 24.0 Å². The topological polar surface area (TPSA) is 55.3 Å². The molecule has 0 fully saturated rings. The van der Waals surface area contributed by atoms with Gasteiger partial charge in [0.2, 0.25) is 0 Å². The highest BCUT2D eigenvalue weighted by Crippen LogP contribution is 2.28. The van der Waals surface area contributed by atoms with Crippen LogP contribution in [0.2, 0.25) is 0 Å². The summed E-state index contributed by atoms with van der Waals surface area (Å²) in [6.45, 7) is 1.37. The van der Waals surface area contributed by atoms with E-state index < -0.39 is 0 Å². The summed E-state index contributed by atoms with van der Waals surface area (Å²) >= 11 is 0. The van der Waals surface area contributed by atoms with Gasteiger partial charge in [0.1, 0.15) is 23.4 Å². The predicted molar refractivity (Wildman–Crippen MR) is 122 cm³/mol. The molecule has 1 atom stereocenters. The number of ether oxygens (including phenoxy) is 3. The van der Waals surface area contributed by atoms with Crippen LogP contribution < -0.4 is 19.5 Å². The molecule has 0 aliphatic carbocycles. The number of nitrogens with zero attached hydrogens (tertiary/aromatic N) is 2. The van der Waals surface area contributed by atoms with Crippen LogP contribution in [-0.2, 0) is 13.0 Å². The monoisotopic (exact) mass is 497 g/mol. The Bertz CT molecular complexity index is 788. The number of fused-ring (bicyclic) bond motifs is 1. The maximum Gasteiger partial charge on any atom is 0.193 e. The largest absolute Gasteiger partial charge is 0.497 e. The van der Waals surface area contributed by atoms with Crippen LogP contribution in [0.5, 0.6) is 17.2 Å². The van der Waals surface area contributed by atoms with Gasteiger partial charge in [-0.2, -0.15) is 0 Å². The van der Waals surface area contributed by atoms with Crippen molar-refractivity contribution >= 4 is 29.9 Å². The fourth-order valence-electron chi connectivity index (χ4n) is 3.27. The van der Waals surface area contributed by atoms with Gasteiger partial charge >= 0.3 is 0 Å². The molecule has 0 saturated heterocycles. The van der Waals surface area contributed by atoms with Crippen LogP contribution >= 0.6 is 24.0 Å². The highest BCUT2D eigenvalue weighted by molar-refractivity contribution is 14.0. The fraction of sp³-hybridized carbons (Fsp3) is 0.381. The Morgan fingerprint density at radius 3 is 2.68 bits per heavy atom. The van der Waals surface area contributed by atoms with Crippen molar-refractivity contribution in [3.8, 4) is 17.2 Å². The minimum atomic E-state index is 0. The van der Waals surface area contributed by atoms with E-state index in [0.29, 0.717) is 13.1 Å². The van der Waals surface area contributed by atoms with Crippen molar-refractivity contribution in [2.75, 3.05) is 34.9 Å². The third kappa shape index (κ3) is 5.21. The molecule has 7 heteroatoms. The van der Waals surface area contributed by atoms with E-state index in [9.17, 15) is 0 Å². The molecular formula is C21H28IN3O3. The summed E-state index contributed by atoms with van der Waals surface area (Å²) < 4.78 is 16.7. The number of methoxy groups -OCH3 is 2. The third-order valence-corrected chi connectivity index (χ3v) is 4.68. The van der Waals surface area contributed by atoms with Crippen molar-refractivity contribution in [3.63, 3.8) is 0 Å². The second kappa shape index (κ2) is 10.4. The second-order valence-electron chi connectivity index (χ2n) is 6.51. The number of guanidine groups is 1. The number of hydrogen-bond acceptors (Lipinski definition) is 4. The molecule has 2 aromatic carbocycles. The number of benzene rings is 2. The van der Waals surface area contributed by atoms with Gasteiger partial charge in [0.25, 0.3) is 0 Å². The summed E-state index contributed by atoms with van der Waals surface area (Å²) in [6, 6.07) is 14.0. The van der Waals surface area contributed by atoms with Gasteiger partial charge < -0.3 is 24.4 Å². The van der Waals surface area contributed by atoms with Crippen molar-refractivity contribution < 1.29 is 14.2 Å². The molecule has 0 spiro atoms. The molecule has 0 bridgehead atoms. The molecule has 0 saturated carbocycles. The first-order valence-electron chi connectivity index (χ1n) is 9.01. The zero-order valence-electron chi connectivity index (χ0n) is 16.8. The molecule has 1 aliphatic rings. The van der Waals surface area contributed by atoms with Crippen molar-refractivity contribution in [1.82, 2.24) is 10.2 Å². The van der Waals surface area contributed by atoms with Gasteiger partial charge in [0.05, 0.1) is 20.8 Å². The average Bonchev–Trinajstić information content (AvgIpc) is 3.11. The Kier molecular flexibility index (Phi) is 8.22. The number of rotatable bonds is 6. The van der Waals surface area contributed by atoms with Crippen LogP contribution in [0.25, 0.3) is 0 Å². The zero-order chi connectivity index (χ0) is 19.2. The molecular weight excluding hydrogens is 469 g/mol. The highest BCUT2D eigenvalue weighted by Gasteiger charge is 2.22. The van der Waals surface area contributed by atoms with Crippen LogP contribution in [0.4, 0.5) is 0 Å². The average molecular weight is 497 g/mol. The molecule has 0 aromatic heterocycles. The molecule has 2 aromatic rings. The minimum Gasteiger partial charge on any atom is -0.497 e. The molecule has 0 amide bonds. The van der Waals surface area contributed by atoms with Crippen LogP contribution in [0.15, 0.2) is 47.5 Å². The van der Waals surface area contributed by atoms with Gasteiger partial charge in [-0.05, 0) is 23.8 Å². The second-order valence-corrected chi connectivity index (χ2v) is 6.51. The summed E-state index contributed by atoms with van der Waals surface area (Å²) in [7, 11) is 7.10. The standard InChI is InChI=1S/C21H27N3O3.HI/c1-22-21(23-13-18-11-15-7-5-6-8-19(15)27-18)24(2)14-16-9-10-17(25-3)12-20(16)26-4;/h5-10,12,18H,11,13-14H2,1-4H3,(H,22,23);1H. The SMILES string of the molecule is CN=C(NCC1Cc2ccccc2O1)N(C)Cc1ccc(OC)cc1OC.I. The lowest BCUT2D eigenvalue weighted by Crippen LogP contribution is -2.42. The first-order chi connectivity index (χ1) is 13.1. The Labute approximate surface area is 183 Å². The highest BCUT2D eigenvalue weighted by atomic mass is 127. The van der Waals surface area contributed by atoms with E-state index in [1.165, 1.54) is 5.56 Å². The smallest absolute Gasteiger partial charge is 0.193 e. The summed E-state index contributed by atoms with van der Waals surface area (Å²) in [4.78, 5) is 6.46. The van der Waals surface area contributed by atoms with Gasteiger partial charge in [-0.1, -0.05) is 18.2 Å². The molecule has 1 N–H and O–H groups in total. The summed E-state index contributed by atoms with van der Waals surface area (Å²) in [5.74, 6) is 3.37. The van der Waals surface area contributed by atoms with Crippen LogP contribution in [0.1, 0.15) is 11.1 Å². The third-order valence-electron chi connectivity index (χ3n) is 4.68. The fourth-order valence-corrected chi connectivity index (χ4v) is 3.27. The Morgan fingerprint density at radius 2 is 2.00 bits per heavy atom. The number of aliphatic imine (C=N–C) groups is 1. The first kappa shape index (κ1) is 22.1. The molecule has 0 radical (unpaired) electrons. The van der Waals surface area contributed by atoms with E-state index in [4.69, 9.17) is 14.2 Å². The predicted octanol–water partition coefficient (Wildman–Crippen LogP) is 3.33. The number of halogens is 1. The first-order valence-corrected chi connectivity index (χ1v) is 9.01. The van der Waals surface area contributed by atoms with Gasteiger partial charge in [-0.3, -0.25) is 4.99 Å². The van der Waals surface area contributed by atoms with Crippen LogP contribution in [-0.4, -0.2) is 51.8 Å². The molecule has 3 rings (SSSR count). The van der Waals surface area contributed by atoms with Gasteiger partial charge in [0.15, 0.2) is 5.96 Å². The number of hydrogen-bond donors (Lipinski definition) is 1. The Balaban J connectivity index is 0.00000280. The maximum atomic E-state index is 5.99. The van der Waals surface area contributed by atoms with E-state index in [0.717, 1.165) is 35.2 Å². The van der Waals surface area contributed by atoms with Crippen molar-refractivity contribution in [2.45, 2.75) is 19.1 Å². The Hall–Kier alpha value is -2.16. The molecule has 152 valence electrons. The minimum absolute atomic E-state index is 0. The molecule has 28 heavy (non-hydrogen) atoms. The van der Waals surface area contributed by atoms with E-state index in [-0.39, 0.29) is 30.1 Å². The van der Waals surface area contributed by atoms with E-state index in [2.05, 4.69) is 21.3 Å². The summed E-state index contributed by atoms with van der Waals surface area (Å²) in [5.41, 5.74) is 2.32. The van der Waals surface area contributed by atoms with Crippen LogP contribution in [0.3, 0.4) is 0 Å². The van der Waals surface area contributed by atoms with E-state index in [1.807, 2.05) is 43.4 Å². The molecule has 1 heterocycles. The molecule has 6 nitrogen and oxygen atoms in total. The molecule has 1 unspecified atom stereocenters. The van der Waals surface area contributed by atoms with Crippen molar-refractivity contribution in [1.29, 1.82) is 0 Å². The quantitative estimate of drug-likeness (QED) is 0.377. The van der Waals surface area contributed by atoms with Crippen molar-refractivity contribution in [2.24, 2.45) is 4.99 Å². The number of para-hydroxylation sites is 1. The van der Waals surface area contributed by atoms with Gasteiger partial charge in [0, 0.05) is 38.7 Å². The maximum absolute atomic E-state index is 5.99. The van der Waals surface area contributed by atoms with E-state index >= 15 is 0 Å². The number of nitrogens with one attached hydrogen (secondary N) is 1. The lowest BCUT2D eigenvalue weighted by Gasteiger charge is -2.24. The van der Waals surface area contributed by atoms with E-state index in [1.54, 1.807) is 21.3 Å². The van der Waals surface area contributed by atoms with Crippen LogP contribution in [0, 0.1) is 0 Å². The normalized spacial score (nSPS) is 15.1. The molecule has 1 aliphatic heterocycles. The lowest BCUT2D eigenvalue weighted by atomic mass is 10.1. The Morgan fingerprint density at radius 1 is 1.21 bits per heavy atom. The summed E-state index contributed by atoms with van der Waals surface area (Å²) in [5, 5.41) is 3.41. The zero-order valence-corrected chi connectivity index (χ0v) is 19.1.